The second-order valence-electron chi connectivity index (χ2n) is 9.47. The summed E-state index contributed by atoms with van der Waals surface area (Å²) >= 11 is 6.26. The van der Waals surface area contributed by atoms with Gasteiger partial charge in [-0.2, -0.15) is 0 Å². The lowest BCUT2D eigenvalue weighted by molar-refractivity contribution is -0.139. The molecule has 0 fully saturated rings. The van der Waals surface area contributed by atoms with Crippen LogP contribution in [0.15, 0.2) is 77.7 Å². The van der Waals surface area contributed by atoms with Gasteiger partial charge >= 0.3 is 0 Å². The standard InChI is InChI=1S/C30H36ClN3O5S/c1-5-6-17-32-30(36)23(3)33(20-24-12-10-11-22(2)18-24)29(35)21-34(27-19-25(31)15-16-28(27)39-4)40(37,38)26-13-8-7-9-14-26/h7-16,18-19,23H,5-6,17,20-21H2,1-4H3,(H,32,36)/t23-/m1/s1. The van der Waals surface area contributed by atoms with Gasteiger partial charge in [-0.3, -0.25) is 13.9 Å². The topological polar surface area (TPSA) is 96.0 Å². The fourth-order valence-electron chi connectivity index (χ4n) is 4.22. The number of anilines is 1. The highest BCUT2D eigenvalue weighted by Gasteiger charge is 2.33. The minimum atomic E-state index is -4.23. The number of amides is 2. The largest absolute Gasteiger partial charge is 0.495 e. The molecule has 0 saturated carbocycles. The monoisotopic (exact) mass is 585 g/mol. The SMILES string of the molecule is CCCCNC(=O)[C@@H](C)N(Cc1cccc(C)c1)C(=O)CN(c1cc(Cl)ccc1OC)S(=O)(=O)c1ccccc1. The summed E-state index contributed by atoms with van der Waals surface area (Å²) in [6, 6.07) is 19.2. The maximum Gasteiger partial charge on any atom is 0.264 e. The summed E-state index contributed by atoms with van der Waals surface area (Å²) in [6.07, 6.45) is 1.72. The van der Waals surface area contributed by atoms with Gasteiger partial charge in [0.1, 0.15) is 18.3 Å². The van der Waals surface area contributed by atoms with E-state index in [1.807, 2.05) is 38.1 Å². The minimum Gasteiger partial charge on any atom is -0.495 e. The van der Waals surface area contributed by atoms with Crippen LogP contribution in [0.3, 0.4) is 0 Å². The van der Waals surface area contributed by atoms with Crippen LogP contribution in [0.1, 0.15) is 37.8 Å². The number of nitrogens with zero attached hydrogens (tertiary/aromatic N) is 2. The Bertz CT molecular complexity index is 1420. The Morgan fingerprint density at radius 1 is 1.02 bits per heavy atom. The van der Waals surface area contributed by atoms with Gasteiger partial charge in [0.05, 0.1) is 17.7 Å². The molecule has 8 nitrogen and oxygen atoms in total. The molecular formula is C30H36ClN3O5S. The van der Waals surface area contributed by atoms with E-state index in [0.29, 0.717) is 6.54 Å². The van der Waals surface area contributed by atoms with Gasteiger partial charge in [-0.05, 0) is 56.2 Å². The van der Waals surface area contributed by atoms with Crippen LogP contribution in [0.4, 0.5) is 5.69 Å². The van der Waals surface area contributed by atoms with Crippen molar-refractivity contribution in [2.75, 3.05) is 24.5 Å². The van der Waals surface area contributed by atoms with E-state index in [2.05, 4.69) is 5.32 Å². The number of carbonyl (C=O) groups excluding carboxylic acids is 2. The third-order valence-corrected chi connectivity index (χ3v) is 8.46. The van der Waals surface area contributed by atoms with Gasteiger partial charge in [-0.25, -0.2) is 8.42 Å². The summed E-state index contributed by atoms with van der Waals surface area (Å²) in [7, 11) is -2.82. The van der Waals surface area contributed by atoms with Gasteiger partial charge < -0.3 is 15.0 Å². The summed E-state index contributed by atoms with van der Waals surface area (Å²) in [5.74, 6) is -0.638. The molecule has 0 aliphatic rings. The fraction of sp³-hybridized carbons (Fsp3) is 0.333. The molecule has 3 rings (SSSR count). The van der Waals surface area contributed by atoms with Crippen LogP contribution >= 0.6 is 11.6 Å². The number of sulfonamides is 1. The molecule has 10 heteroatoms. The third-order valence-electron chi connectivity index (χ3n) is 6.45. The van der Waals surface area contributed by atoms with Crippen LogP contribution in [0, 0.1) is 6.92 Å². The molecule has 40 heavy (non-hydrogen) atoms. The number of carbonyl (C=O) groups is 2. The normalized spacial score (nSPS) is 11.9. The van der Waals surface area contributed by atoms with Crippen molar-refractivity contribution in [3.05, 3.63) is 88.9 Å². The number of ether oxygens (including phenoxy) is 1. The Hall–Kier alpha value is -3.56. The van der Waals surface area contributed by atoms with Gasteiger partial charge in [0.15, 0.2) is 0 Å². The minimum absolute atomic E-state index is 0.000389. The lowest BCUT2D eigenvalue weighted by Crippen LogP contribution is -2.51. The Labute approximate surface area is 241 Å². The molecule has 0 heterocycles. The second-order valence-corrected chi connectivity index (χ2v) is 11.8. The number of unbranched alkanes of at least 4 members (excludes halogenated alkanes) is 1. The molecule has 3 aromatic carbocycles. The van der Waals surface area contributed by atoms with Crippen LogP contribution in [-0.4, -0.2) is 51.4 Å². The Balaban J connectivity index is 2.06. The Morgan fingerprint density at radius 2 is 1.75 bits per heavy atom. The van der Waals surface area contributed by atoms with Crippen molar-refractivity contribution in [3.8, 4) is 5.75 Å². The number of methoxy groups -OCH3 is 1. The van der Waals surface area contributed by atoms with Crippen molar-refractivity contribution in [2.45, 2.75) is 51.1 Å². The first-order chi connectivity index (χ1) is 19.1. The van der Waals surface area contributed by atoms with E-state index in [1.165, 1.54) is 30.2 Å². The maximum absolute atomic E-state index is 14.0. The van der Waals surface area contributed by atoms with Crippen molar-refractivity contribution in [1.29, 1.82) is 0 Å². The fourth-order valence-corrected chi connectivity index (χ4v) is 5.82. The van der Waals surface area contributed by atoms with E-state index < -0.39 is 28.5 Å². The lowest BCUT2D eigenvalue weighted by atomic mass is 10.1. The van der Waals surface area contributed by atoms with E-state index in [1.54, 1.807) is 37.3 Å². The molecule has 0 bridgehead atoms. The molecule has 0 radical (unpaired) electrons. The van der Waals surface area contributed by atoms with Crippen molar-refractivity contribution in [3.63, 3.8) is 0 Å². The van der Waals surface area contributed by atoms with E-state index in [9.17, 15) is 18.0 Å². The number of halogens is 1. The van der Waals surface area contributed by atoms with Gasteiger partial charge in [-0.15, -0.1) is 0 Å². The first kappa shape index (κ1) is 31.0. The van der Waals surface area contributed by atoms with E-state index in [0.717, 1.165) is 28.3 Å². The molecule has 0 saturated heterocycles. The van der Waals surface area contributed by atoms with Crippen LogP contribution in [0.25, 0.3) is 0 Å². The zero-order chi connectivity index (χ0) is 29.3. The zero-order valence-electron chi connectivity index (χ0n) is 23.3. The third kappa shape index (κ3) is 7.76. The molecule has 0 aliphatic heterocycles. The van der Waals surface area contributed by atoms with Gasteiger partial charge in [0.25, 0.3) is 10.0 Å². The molecule has 2 amide bonds. The molecule has 214 valence electrons. The highest BCUT2D eigenvalue weighted by Crippen LogP contribution is 2.35. The van der Waals surface area contributed by atoms with Gasteiger partial charge in [0.2, 0.25) is 11.8 Å². The van der Waals surface area contributed by atoms with Crippen LogP contribution in [0.2, 0.25) is 5.02 Å². The summed E-state index contributed by atoms with van der Waals surface area (Å²) in [4.78, 5) is 28.5. The molecule has 0 aromatic heterocycles. The van der Waals surface area contributed by atoms with Gasteiger partial charge in [-0.1, -0.05) is 73.0 Å². The smallest absolute Gasteiger partial charge is 0.264 e. The first-order valence-corrected chi connectivity index (χ1v) is 14.9. The van der Waals surface area contributed by atoms with E-state index in [-0.39, 0.29) is 33.8 Å². The van der Waals surface area contributed by atoms with Crippen molar-refractivity contribution >= 4 is 39.1 Å². The Morgan fingerprint density at radius 3 is 2.40 bits per heavy atom. The molecular weight excluding hydrogens is 550 g/mol. The van der Waals surface area contributed by atoms with Crippen molar-refractivity contribution in [2.24, 2.45) is 0 Å². The summed E-state index contributed by atoms with van der Waals surface area (Å²) in [5.41, 5.74) is 1.93. The number of nitrogens with one attached hydrogen (secondary N) is 1. The number of rotatable bonds is 13. The van der Waals surface area contributed by atoms with Gasteiger partial charge in [0, 0.05) is 18.1 Å². The van der Waals surface area contributed by atoms with E-state index in [4.69, 9.17) is 16.3 Å². The number of hydrogen-bond donors (Lipinski definition) is 1. The number of aryl methyl sites for hydroxylation is 1. The average Bonchev–Trinajstić information content (AvgIpc) is 2.94. The van der Waals surface area contributed by atoms with Crippen molar-refractivity contribution in [1.82, 2.24) is 10.2 Å². The zero-order valence-corrected chi connectivity index (χ0v) is 24.8. The summed E-state index contributed by atoms with van der Waals surface area (Å²) in [6.45, 7) is 5.64. The molecule has 1 N–H and O–H groups in total. The van der Waals surface area contributed by atoms with Crippen LogP contribution in [0.5, 0.6) is 5.75 Å². The predicted octanol–water partition coefficient (Wildman–Crippen LogP) is 5.19. The number of benzene rings is 3. The maximum atomic E-state index is 14.0. The van der Waals surface area contributed by atoms with Crippen LogP contribution < -0.4 is 14.4 Å². The molecule has 0 spiro atoms. The predicted molar refractivity (Wildman–Crippen MR) is 158 cm³/mol. The second kappa shape index (κ2) is 14.2. The van der Waals surface area contributed by atoms with Crippen LogP contribution in [-0.2, 0) is 26.2 Å². The Kier molecular flexibility index (Phi) is 11.0. The summed E-state index contributed by atoms with van der Waals surface area (Å²) < 4.78 is 34.3. The van der Waals surface area contributed by atoms with Crippen molar-refractivity contribution < 1.29 is 22.7 Å². The summed E-state index contributed by atoms with van der Waals surface area (Å²) in [5, 5.41) is 3.16. The lowest BCUT2D eigenvalue weighted by Gasteiger charge is -2.32. The molecule has 1 atom stereocenters. The molecule has 0 unspecified atom stereocenters. The average molecular weight is 586 g/mol. The first-order valence-electron chi connectivity index (χ1n) is 13.1. The molecule has 0 aliphatic carbocycles. The quantitative estimate of drug-likeness (QED) is 0.279. The highest BCUT2D eigenvalue weighted by molar-refractivity contribution is 7.92. The highest BCUT2D eigenvalue weighted by atomic mass is 35.5. The molecule has 3 aromatic rings. The van der Waals surface area contributed by atoms with E-state index >= 15 is 0 Å². The number of hydrogen-bond acceptors (Lipinski definition) is 5.